The summed E-state index contributed by atoms with van der Waals surface area (Å²) < 4.78 is 16.2. The van der Waals surface area contributed by atoms with Gasteiger partial charge in [-0.1, -0.05) is 48.5 Å². The lowest BCUT2D eigenvalue weighted by atomic mass is 10.0. The summed E-state index contributed by atoms with van der Waals surface area (Å²) in [7, 11) is 0. The van der Waals surface area contributed by atoms with Crippen molar-refractivity contribution in [3.63, 3.8) is 0 Å². The van der Waals surface area contributed by atoms with Crippen LogP contribution in [0.25, 0.3) is 11.1 Å². The molecule has 32 heavy (non-hydrogen) atoms. The number of carbonyl (C=O) groups excluding carboxylic acids is 2. The maximum absolute atomic E-state index is 12.6. The summed E-state index contributed by atoms with van der Waals surface area (Å²) in [6, 6.07) is 24.4. The van der Waals surface area contributed by atoms with E-state index in [0.717, 1.165) is 16.9 Å². The number of para-hydroxylation sites is 1. The van der Waals surface area contributed by atoms with Crippen LogP contribution >= 0.6 is 0 Å². The third-order valence-corrected chi connectivity index (χ3v) is 4.66. The van der Waals surface area contributed by atoms with Gasteiger partial charge in [0.2, 0.25) is 0 Å². The molecule has 0 heterocycles. The highest BCUT2D eigenvalue weighted by Crippen LogP contribution is 2.27. The maximum Gasteiger partial charge on any atom is 0.310 e. The summed E-state index contributed by atoms with van der Waals surface area (Å²) in [5.74, 6) is 0.488. The van der Waals surface area contributed by atoms with Crippen molar-refractivity contribution in [1.29, 1.82) is 0 Å². The molecule has 0 radical (unpaired) electrons. The minimum Gasteiger partial charge on any atom is -0.494 e. The molecular formula is C26H27NO5. The third-order valence-electron chi connectivity index (χ3n) is 4.66. The van der Waals surface area contributed by atoms with E-state index in [0.29, 0.717) is 18.0 Å². The van der Waals surface area contributed by atoms with Gasteiger partial charge in [0.05, 0.1) is 19.6 Å². The van der Waals surface area contributed by atoms with E-state index in [2.05, 4.69) is 5.32 Å². The Kier molecular flexibility index (Phi) is 8.26. The molecule has 0 aliphatic carbocycles. The molecule has 3 rings (SSSR count). The van der Waals surface area contributed by atoms with Gasteiger partial charge in [-0.15, -0.1) is 0 Å². The molecule has 0 aromatic heterocycles. The molecular weight excluding hydrogens is 406 g/mol. The smallest absolute Gasteiger partial charge is 0.310 e. The Morgan fingerprint density at radius 1 is 0.844 bits per heavy atom. The van der Waals surface area contributed by atoms with Gasteiger partial charge in [-0.25, -0.2) is 0 Å². The zero-order valence-electron chi connectivity index (χ0n) is 18.2. The van der Waals surface area contributed by atoms with Crippen LogP contribution < -0.4 is 14.8 Å². The molecule has 3 aromatic carbocycles. The first kappa shape index (κ1) is 22.9. The number of rotatable bonds is 10. The van der Waals surface area contributed by atoms with Crippen molar-refractivity contribution in [2.45, 2.75) is 26.4 Å². The van der Waals surface area contributed by atoms with Gasteiger partial charge in [0.25, 0.3) is 5.91 Å². The van der Waals surface area contributed by atoms with E-state index in [1.54, 1.807) is 31.2 Å². The number of hydrogen-bond donors (Lipinski definition) is 1. The van der Waals surface area contributed by atoms with E-state index in [4.69, 9.17) is 14.2 Å². The number of hydrogen-bond acceptors (Lipinski definition) is 5. The summed E-state index contributed by atoms with van der Waals surface area (Å²) >= 11 is 0. The fraction of sp³-hybridized carbons (Fsp3) is 0.231. The minimum absolute atomic E-state index is 0.0332. The molecule has 0 spiro atoms. The Labute approximate surface area is 188 Å². The molecule has 166 valence electrons. The molecule has 0 saturated carbocycles. The largest absolute Gasteiger partial charge is 0.494 e. The van der Waals surface area contributed by atoms with Crippen molar-refractivity contribution in [2.24, 2.45) is 0 Å². The van der Waals surface area contributed by atoms with Crippen LogP contribution in [0.4, 0.5) is 5.69 Å². The summed E-state index contributed by atoms with van der Waals surface area (Å²) in [6.45, 7) is 4.21. The van der Waals surface area contributed by atoms with Gasteiger partial charge in [0, 0.05) is 11.3 Å². The van der Waals surface area contributed by atoms with Crippen LogP contribution in [-0.2, 0) is 14.3 Å². The number of amides is 1. The molecule has 0 aliphatic heterocycles. The quantitative estimate of drug-likeness (QED) is 0.451. The second kappa shape index (κ2) is 11.6. The van der Waals surface area contributed by atoms with E-state index < -0.39 is 18.0 Å². The minimum atomic E-state index is -0.934. The fourth-order valence-corrected chi connectivity index (χ4v) is 3.06. The van der Waals surface area contributed by atoms with Crippen LogP contribution in [0.15, 0.2) is 78.9 Å². The van der Waals surface area contributed by atoms with Gasteiger partial charge in [0.1, 0.15) is 11.5 Å². The van der Waals surface area contributed by atoms with Gasteiger partial charge in [-0.3, -0.25) is 9.59 Å². The Morgan fingerprint density at radius 3 is 2.16 bits per heavy atom. The standard InChI is InChI=1S/C26H27NO5/c1-3-30-21-13-15-22(16-14-21)31-18-17-25(28)32-19(2)26(29)27-24-12-8-7-11-23(24)20-9-5-4-6-10-20/h4-16,19H,3,17-18H2,1-2H3,(H,27,29). The maximum atomic E-state index is 12.6. The molecule has 1 amide bonds. The third kappa shape index (κ3) is 6.60. The molecule has 0 fully saturated rings. The van der Waals surface area contributed by atoms with Gasteiger partial charge >= 0.3 is 5.97 Å². The number of benzene rings is 3. The Morgan fingerprint density at radius 2 is 1.47 bits per heavy atom. The SMILES string of the molecule is CCOc1ccc(OCCC(=O)OC(C)C(=O)Nc2ccccc2-c2ccccc2)cc1. The van der Waals surface area contributed by atoms with Crippen LogP contribution in [-0.4, -0.2) is 31.2 Å². The van der Waals surface area contributed by atoms with E-state index in [9.17, 15) is 9.59 Å². The van der Waals surface area contributed by atoms with E-state index in [1.807, 2.05) is 61.5 Å². The zero-order valence-corrected chi connectivity index (χ0v) is 18.2. The zero-order chi connectivity index (χ0) is 22.8. The first-order valence-electron chi connectivity index (χ1n) is 10.6. The highest BCUT2D eigenvalue weighted by molar-refractivity contribution is 5.98. The summed E-state index contributed by atoms with van der Waals surface area (Å²) in [4.78, 5) is 24.7. The van der Waals surface area contributed by atoms with E-state index >= 15 is 0 Å². The lowest BCUT2D eigenvalue weighted by Gasteiger charge is -2.16. The van der Waals surface area contributed by atoms with Gasteiger partial charge in [-0.05, 0) is 49.7 Å². The predicted octanol–water partition coefficient (Wildman–Crippen LogP) is 5.09. The molecule has 0 aliphatic rings. The molecule has 0 saturated heterocycles. The van der Waals surface area contributed by atoms with Gasteiger partial charge in [0.15, 0.2) is 6.10 Å². The molecule has 3 aromatic rings. The number of esters is 1. The highest BCUT2D eigenvalue weighted by atomic mass is 16.5. The van der Waals surface area contributed by atoms with Gasteiger partial charge < -0.3 is 19.5 Å². The summed E-state index contributed by atoms with van der Waals surface area (Å²) in [5, 5.41) is 2.85. The second-order valence-corrected chi connectivity index (χ2v) is 7.04. The lowest BCUT2D eigenvalue weighted by Crippen LogP contribution is -2.30. The van der Waals surface area contributed by atoms with Crippen LogP contribution in [0.5, 0.6) is 11.5 Å². The van der Waals surface area contributed by atoms with Crippen LogP contribution in [0.3, 0.4) is 0 Å². The van der Waals surface area contributed by atoms with Crippen molar-refractivity contribution in [3.8, 4) is 22.6 Å². The molecule has 1 unspecified atom stereocenters. The normalized spacial score (nSPS) is 11.3. The Hall–Kier alpha value is -3.80. The monoisotopic (exact) mass is 433 g/mol. The highest BCUT2D eigenvalue weighted by Gasteiger charge is 2.19. The van der Waals surface area contributed by atoms with E-state index in [-0.39, 0.29) is 13.0 Å². The number of anilines is 1. The van der Waals surface area contributed by atoms with Crippen molar-refractivity contribution >= 4 is 17.6 Å². The lowest BCUT2D eigenvalue weighted by molar-refractivity contribution is -0.153. The average molecular weight is 434 g/mol. The van der Waals surface area contributed by atoms with Crippen LogP contribution in [0.2, 0.25) is 0 Å². The van der Waals surface area contributed by atoms with Crippen molar-refractivity contribution in [2.75, 3.05) is 18.5 Å². The topological polar surface area (TPSA) is 73.9 Å². The average Bonchev–Trinajstić information content (AvgIpc) is 2.81. The van der Waals surface area contributed by atoms with Crippen LogP contribution in [0, 0.1) is 0 Å². The molecule has 1 atom stereocenters. The van der Waals surface area contributed by atoms with Crippen molar-refractivity contribution < 1.29 is 23.8 Å². The number of carbonyl (C=O) groups is 2. The summed E-state index contributed by atoms with van der Waals surface area (Å²) in [5.41, 5.74) is 2.54. The Bertz CT molecular complexity index is 1020. The predicted molar refractivity (Wildman–Crippen MR) is 124 cm³/mol. The summed E-state index contributed by atoms with van der Waals surface area (Å²) in [6.07, 6.45) is -0.900. The molecule has 6 heteroatoms. The van der Waals surface area contributed by atoms with Gasteiger partial charge in [-0.2, -0.15) is 0 Å². The van der Waals surface area contributed by atoms with E-state index in [1.165, 1.54) is 0 Å². The van der Waals surface area contributed by atoms with Crippen LogP contribution in [0.1, 0.15) is 20.3 Å². The van der Waals surface area contributed by atoms with Crippen molar-refractivity contribution in [1.82, 2.24) is 0 Å². The molecule has 0 bridgehead atoms. The molecule has 1 N–H and O–H groups in total. The number of ether oxygens (including phenoxy) is 3. The van der Waals surface area contributed by atoms with Crippen molar-refractivity contribution in [3.05, 3.63) is 78.9 Å². The second-order valence-electron chi connectivity index (χ2n) is 7.04. The number of nitrogens with one attached hydrogen (secondary N) is 1. The molecule has 6 nitrogen and oxygen atoms in total. The first-order chi connectivity index (χ1) is 15.6. The first-order valence-corrected chi connectivity index (χ1v) is 10.6. The fourth-order valence-electron chi connectivity index (χ4n) is 3.06. The Balaban J connectivity index is 1.48.